The Kier molecular flexibility index (Phi) is 2.74. The molecule has 1 aromatic rings. The summed E-state index contributed by atoms with van der Waals surface area (Å²) in [5.74, 6) is -0.979. The average molecular weight is 270 g/mol. The highest BCUT2D eigenvalue weighted by Gasteiger charge is 2.67. The molecule has 1 fully saturated rings. The molecule has 0 bridgehead atoms. The molecular formula is C16H14O4. The number of cyclic esters (lactones) is 1. The number of benzene rings is 1. The normalized spacial score (nSPS) is 32.0. The monoisotopic (exact) mass is 270 g/mol. The predicted molar refractivity (Wildman–Crippen MR) is 72.5 cm³/mol. The topological polar surface area (TPSA) is 52.6 Å². The van der Waals surface area contributed by atoms with E-state index in [-0.39, 0.29) is 12.4 Å². The van der Waals surface area contributed by atoms with E-state index in [2.05, 4.69) is 0 Å². The summed E-state index contributed by atoms with van der Waals surface area (Å²) in [6.07, 6.45) is 6.24. The van der Waals surface area contributed by atoms with Crippen LogP contribution in [0.1, 0.15) is 12.5 Å². The Hall–Kier alpha value is -2.36. The molecule has 1 aromatic carbocycles. The summed E-state index contributed by atoms with van der Waals surface area (Å²) in [6, 6.07) is 9.66. The molecule has 0 N–H and O–H groups in total. The van der Waals surface area contributed by atoms with Gasteiger partial charge in [-0.05, 0) is 12.5 Å². The first-order chi connectivity index (χ1) is 9.58. The lowest BCUT2D eigenvalue weighted by molar-refractivity contribution is -0.159. The molecule has 0 saturated carbocycles. The number of carbonyl (C=O) groups is 2. The fraction of sp³-hybridized carbons (Fsp3) is 0.250. The van der Waals surface area contributed by atoms with Crippen molar-refractivity contribution in [1.82, 2.24) is 0 Å². The second-order valence-corrected chi connectivity index (χ2v) is 5.20. The van der Waals surface area contributed by atoms with Crippen molar-refractivity contribution in [3.63, 3.8) is 0 Å². The summed E-state index contributed by atoms with van der Waals surface area (Å²) in [7, 11) is 0. The highest BCUT2D eigenvalue weighted by atomic mass is 16.6. The molecule has 2 aliphatic heterocycles. The van der Waals surface area contributed by atoms with E-state index in [0.717, 1.165) is 5.56 Å². The molecule has 2 atom stereocenters. The van der Waals surface area contributed by atoms with Crippen LogP contribution in [0.25, 0.3) is 6.08 Å². The number of carbonyl (C=O) groups excluding carboxylic acids is 2. The van der Waals surface area contributed by atoms with Gasteiger partial charge in [0, 0.05) is 6.08 Å². The minimum absolute atomic E-state index is 0.128. The molecule has 0 unspecified atom stereocenters. The standard InChI is InChI=1S/C16H14O4/c1-15(9-7-12-5-3-2-4-6-12)11-19-14(18)16(15)13(17)8-10-20-16/h2-10H,11H2,1H3/b9-7+/t15-,16-/m0/s1. The van der Waals surface area contributed by atoms with E-state index < -0.39 is 17.0 Å². The zero-order valence-electron chi connectivity index (χ0n) is 11.0. The second kappa shape index (κ2) is 4.34. The van der Waals surface area contributed by atoms with Gasteiger partial charge >= 0.3 is 5.97 Å². The Morgan fingerprint density at radius 2 is 1.95 bits per heavy atom. The first-order valence-corrected chi connectivity index (χ1v) is 6.39. The molecule has 2 heterocycles. The van der Waals surface area contributed by atoms with Crippen molar-refractivity contribution in [1.29, 1.82) is 0 Å². The molecule has 4 nitrogen and oxygen atoms in total. The van der Waals surface area contributed by atoms with Gasteiger partial charge in [0.1, 0.15) is 6.61 Å². The Labute approximate surface area is 116 Å². The van der Waals surface area contributed by atoms with E-state index in [1.807, 2.05) is 42.5 Å². The Morgan fingerprint density at radius 1 is 1.20 bits per heavy atom. The Morgan fingerprint density at radius 3 is 2.60 bits per heavy atom. The number of rotatable bonds is 2. The molecule has 0 aromatic heterocycles. The number of ether oxygens (including phenoxy) is 2. The van der Waals surface area contributed by atoms with Crippen LogP contribution in [0, 0.1) is 5.41 Å². The average Bonchev–Trinajstić information content (AvgIpc) is 2.97. The highest BCUT2D eigenvalue weighted by Crippen LogP contribution is 2.46. The summed E-state index contributed by atoms with van der Waals surface area (Å²) in [4.78, 5) is 24.1. The molecule has 0 amide bonds. The Balaban J connectivity index is 1.97. The van der Waals surface area contributed by atoms with Gasteiger partial charge in [-0.25, -0.2) is 4.79 Å². The fourth-order valence-electron chi connectivity index (χ4n) is 2.60. The van der Waals surface area contributed by atoms with Crippen LogP contribution in [0.15, 0.2) is 48.7 Å². The zero-order chi connectivity index (χ0) is 14.2. The lowest BCUT2D eigenvalue weighted by atomic mass is 9.73. The van der Waals surface area contributed by atoms with Gasteiger partial charge < -0.3 is 9.47 Å². The Bertz CT molecular complexity index is 617. The third-order valence-corrected chi connectivity index (χ3v) is 3.85. The largest absolute Gasteiger partial charge is 0.474 e. The second-order valence-electron chi connectivity index (χ2n) is 5.20. The van der Waals surface area contributed by atoms with Crippen LogP contribution in [0.5, 0.6) is 0 Å². The van der Waals surface area contributed by atoms with E-state index in [4.69, 9.17) is 9.47 Å². The van der Waals surface area contributed by atoms with E-state index in [0.29, 0.717) is 0 Å². The van der Waals surface area contributed by atoms with Crippen molar-refractivity contribution in [2.24, 2.45) is 5.41 Å². The smallest absolute Gasteiger partial charge is 0.359 e. The van der Waals surface area contributed by atoms with E-state index >= 15 is 0 Å². The van der Waals surface area contributed by atoms with Crippen LogP contribution in [0.4, 0.5) is 0 Å². The molecule has 102 valence electrons. The maximum absolute atomic E-state index is 12.1. The predicted octanol–water partition coefficient (Wildman–Crippen LogP) is 2.11. The maximum atomic E-state index is 12.1. The van der Waals surface area contributed by atoms with Gasteiger partial charge in [-0.2, -0.15) is 0 Å². The number of ketones is 1. The summed E-state index contributed by atoms with van der Waals surface area (Å²) in [6.45, 7) is 1.92. The highest BCUT2D eigenvalue weighted by molar-refractivity contribution is 6.16. The quantitative estimate of drug-likeness (QED) is 0.610. The van der Waals surface area contributed by atoms with Crippen LogP contribution >= 0.6 is 0 Å². The number of esters is 1. The van der Waals surface area contributed by atoms with Crippen molar-refractivity contribution in [2.45, 2.75) is 12.5 Å². The molecule has 3 rings (SSSR count). The summed E-state index contributed by atoms with van der Waals surface area (Å²) in [5.41, 5.74) is -1.39. The molecule has 2 aliphatic rings. The summed E-state index contributed by atoms with van der Waals surface area (Å²) >= 11 is 0. The van der Waals surface area contributed by atoms with Crippen LogP contribution in [-0.4, -0.2) is 24.0 Å². The van der Waals surface area contributed by atoms with Gasteiger partial charge in [-0.3, -0.25) is 4.79 Å². The van der Waals surface area contributed by atoms with Gasteiger partial charge in [0.25, 0.3) is 5.60 Å². The van der Waals surface area contributed by atoms with Gasteiger partial charge in [-0.15, -0.1) is 0 Å². The molecular weight excluding hydrogens is 256 g/mol. The first-order valence-electron chi connectivity index (χ1n) is 6.39. The van der Waals surface area contributed by atoms with Crippen LogP contribution in [0.3, 0.4) is 0 Å². The lowest BCUT2D eigenvalue weighted by Gasteiger charge is -2.31. The van der Waals surface area contributed by atoms with Crippen molar-refractivity contribution < 1.29 is 19.1 Å². The maximum Gasteiger partial charge on any atom is 0.359 e. The first kappa shape index (κ1) is 12.7. The van der Waals surface area contributed by atoms with Crippen LogP contribution in [-0.2, 0) is 19.1 Å². The molecule has 1 spiro atoms. The van der Waals surface area contributed by atoms with Crippen molar-refractivity contribution in [2.75, 3.05) is 6.61 Å². The van der Waals surface area contributed by atoms with E-state index in [1.165, 1.54) is 12.3 Å². The van der Waals surface area contributed by atoms with Crippen molar-refractivity contribution in [3.05, 3.63) is 54.3 Å². The summed E-state index contributed by atoms with van der Waals surface area (Å²) < 4.78 is 10.5. The minimum atomic E-state index is -1.56. The van der Waals surface area contributed by atoms with Crippen molar-refractivity contribution >= 4 is 17.8 Å². The zero-order valence-corrected chi connectivity index (χ0v) is 11.0. The van der Waals surface area contributed by atoms with Gasteiger partial charge in [-0.1, -0.05) is 42.5 Å². The lowest BCUT2D eigenvalue weighted by Crippen LogP contribution is -2.52. The third-order valence-electron chi connectivity index (χ3n) is 3.85. The molecule has 1 saturated heterocycles. The molecule has 20 heavy (non-hydrogen) atoms. The van der Waals surface area contributed by atoms with Gasteiger partial charge in [0.05, 0.1) is 11.7 Å². The van der Waals surface area contributed by atoms with Crippen LogP contribution < -0.4 is 0 Å². The van der Waals surface area contributed by atoms with E-state index in [1.54, 1.807) is 6.92 Å². The number of hydrogen-bond acceptors (Lipinski definition) is 4. The summed E-state index contributed by atoms with van der Waals surface area (Å²) in [5, 5.41) is 0. The molecule has 0 radical (unpaired) electrons. The van der Waals surface area contributed by atoms with Gasteiger partial charge in [0.2, 0.25) is 5.78 Å². The fourth-order valence-corrected chi connectivity index (χ4v) is 2.60. The SMILES string of the molecule is C[C@]1(/C=C/c2ccccc2)COC(=O)[C@]12OC=CC2=O. The van der Waals surface area contributed by atoms with E-state index in [9.17, 15) is 9.59 Å². The van der Waals surface area contributed by atoms with Gasteiger partial charge in [0.15, 0.2) is 0 Å². The van der Waals surface area contributed by atoms with Crippen molar-refractivity contribution in [3.8, 4) is 0 Å². The minimum Gasteiger partial charge on any atom is -0.474 e. The van der Waals surface area contributed by atoms with Crippen LogP contribution in [0.2, 0.25) is 0 Å². The third kappa shape index (κ3) is 1.61. The number of hydrogen-bond donors (Lipinski definition) is 0. The molecule has 4 heteroatoms. The molecule has 0 aliphatic carbocycles.